The maximum absolute atomic E-state index is 11.7. The zero-order valence-corrected chi connectivity index (χ0v) is 18.7. The van der Waals surface area contributed by atoms with Crippen molar-refractivity contribution < 1.29 is 14.3 Å². The predicted octanol–water partition coefficient (Wildman–Crippen LogP) is 1.89. The van der Waals surface area contributed by atoms with Gasteiger partial charge in [-0.25, -0.2) is 14.8 Å². The number of ether oxygens (including phenoxy) is 2. The molecule has 0 spiro atoms. The lowest BCUT2D eigenvalue weighted by atomic mass is 10.2. The molecule has 1 fully saturated rings. The predicted molar refractivity (Wildman–Crippen MR) is 119 cm³/mol. The van der Waals surface area contributed by atoms with E-state index < -0.39 is 11.7 Å². The summed E-state index contributed by atoms with van der Waals surface area (Å²) >= 11 is 0. The number of nitrogens with one attached hydrogen (secondary N) is 3. The number of morpholine rings is 1. The lowest BCUT2D eigenvalue weighted by molar-refractivity contribution is 0.0527. The van der Waals surface area contributed by atoms with Crippen molar-refractivity contribution in [3.63, 3.8) is 0 Å². The fourth-order valence-corrected chi connectivity index (χ4v) is 2.92. The topological polar surface area (TPSA) is 100 Å². The van der Waals surface area contributed by atoms with E-state index in [1.54, 1.807) is 0 Å². The van der Waals surface area contributed by atoms with Crippen molar-refractivity contribution in [2.45, 2.75) is 46.3 Å². The Labute approximate surface area is 179 Å². The van der Waals surface area contributed by atoms with Gasteiger partial charge < -0.3 is 30.3 Å². The lowest BCUT2D eigenvalue weighted by Crippen LogP contribution is -2.39. The van der Waals surface area contributed by atoms with E-state index in [2.05, 4.69) is 31.9 Å². The second-order valence-corrected chi connectivity index (χ2v) is 7.99. The number of nitrogens with zero attached hydrogens (tertiary/aromatic N) is 3. The molecule has 1 aliphatic rings. The van der Waals surface area contributed by atoms with Crippen LogP contribution in [0.3, 0.4) is 0 Å². The molecule has 1 aromatic rings. The fraction of sp³-hybridized carbons (Fsp3) is 0.667. The van der Waals surface area contributed by atoms with Crippen LogP contribution in [0.4, 0.5) is 10.6 Å². The van der Waals surface area contributed by atoms with E-state index in [1.165, 1.54) is 0 Å². The van der Waals surface area contributed by atoms with E-state index in [4.69, 9.17) is 14.5 Å². The summed E-state index contributed by atoms with van der Waals surface area (Å²) < 4.78 is 10.7. The highest BCUT2D eigenvalue weighted by atomic mass is 16.6. The third-order valence-corrected chi connectivity index (χ3v) is 4.24. The summed E-state index contributed by atoms with van der Waals surface area (Å²) in [6.45, 7) is 13.2. The number of carbonyl (C=O) groups is 1. The fourth-order valence-electron chi connectivity index (χ4n) is 2.92. The summed E-state index contributed by atoms with van der Waals surface area (Å²) in [5.74, 6) is 1.72. The number of hydrogen-bond acceptors (Lipinski definition) is 6. The first-order valence-corrected chi connectivity index (χ1v) is 10.6. The van der Waals surface area contributed by atoms with Crippen molar-refractivity contribution in [2.24, 2.45) is 4.99 Å². The first-order valence-electron chi connectivity index (χ1n) is 10.6. The molecule has 0 atom stereocenters. The molecule has 0 unspecified atom stereocenters. The molecular weight excluding hydrogens is 384 g/mol. The number of pyridine rings is 1. The van der Waals surface area contributed by atoms with Gasteiger partial charge in [0.05, 0.1) is 19.8 Å². The quantitative estimate of drug-likeness (QED) is 0.335. The second kappa shape index (κ2) is 12.2. The van der Waals surface area contributed by atoms with Gasteiger partial charge in [-0.2, -0.15) is 0 Å². The van der Waals surface area contributed by atoms with E-state index in [-0.39, 0.29) is 0 Å². The number of hydrogen-bond donors (Lipinski definition) is 3. The zero-order valence-electron chi connectivity index (χ0n) is 18.7. The third-order valence-electron chi connectivity index (χ3n) is 4.24. The summed E-state index contributed by atoms with van der Waals surface area (Å²) in [7, 11) is 0. The van der Waals surface area contributed by atoms with Gasteiger partial charge in [0.15, 0.2) is 5.96 Å². The van der Waals surface area contributed by atoms with Gasteiger partial charge in [-0.1, -0.05) is 6.07 Å². The molecule has 168 valence electrons. The zero-order chi connectivity index (χ0) is 21.8. The Morgan fingerprint density at radius 3 is 2.67 bits per heavy atom. The Balaban J connectivity index is 1.83. The molecule has 30 heavy (non-hydrogen) atoms. The Bertz CT molecular complexity index is 684. The number of amides is 1. The Morgan fingerprint density at radius 1 is 1.23 bits per heavy atom. The number of carbonyl (C=O) groups excluding carboxylic acids is 1. The summed E-state index contributed by atoms with van der Waals surface area (Å²) in [4.78, 5) is 23.2. The van der Waals surface area contributed by atoms with Crippen LogP contribution in [0.5, 0.6) is 0 Å². The molecule has 1 saturated heterocycles. The monoisotopic (exact) mass is 420 g/mol. The molecule has 9 nitrogen and oxygen atoms in total. The molecule has 0 saturated carbocycles. The number of alkyl carbamates (subject to hydrolysis) is 1. The van der Waals surface area contributed by atoms with E-state index in [9.17, 15) is 4.79 Å². The molecule has 0 radical (unpaired) electrons. The van der Waals surface area contributed by atoms with Crippen molar-refractivity contribution in [1.29, 1.82) is 0 Å². The summed E-state index contributed by atoms with van der Waals surface area (Å²) in [6.07, 6.45) is 2.18. The molecule has 2 rings (SSSR count). The molecule has 3 N–H and O–H groups in total. The van der Waals surface area contributed by atoms with Crippen LogP contribution in [0, 0.1) is 0 Å². The third kappa shape index (κ3) is 8.86. The van der Waals surface area contributed by atoms with Crippen LogP contribution < -0.4 is 20.9 Å². The maximum Gasteiger partial charge on any atom is 0.407 e. The molecule has 1 aliphatic heterocycles. The highest BCUT2D eigenvalue weighted by Gasteiger charge is 2.16. The maximum atomic E-state index is 11.7. The van der Waals surface area contributed by atoms with Gasteiger partial charge in [0.2, 0.25) is 0 Å². The van der Waals surface area contributed by atoms with Crippen LogP contribution >= 0.6 is 0 Å². The highest BCUT2D eigenvalue weighted by molar-refractivity contribution is 5.79. The largest absolute Gasteiger partial charge is 0.444 e. The molecule has 0 aromatic carbocycles. The van der Waals surface area contributed by atoms with Crippen molar-refractivity contribution in [3.05, 3.63) is 23.9 Å². The minimum absolute atomic E-state index is 0.393. The van der Waals surface area contributed by atoms with E-state index in [0.717, 1.165) is 56.6 Å². The van der Waals surface area contributed by atoms with Gasteiger partial charge in [0.1, 0.15) is 11.4 Å². The Hall–Kier alpha value is -2.55. The van der Waals surface area contributed by atoms with Crippen molar-refractivity contribution in [2.75, 3.05) is 50.8 Å². The van der Waals surface area contributed by atoms with Gasteiger partial charge in [0.25, 0.3) is 0 Å². The number of guanidine groups is 1. The molecule has 9 heteroatoms. The minimum atomic E-state index is -0.487. The normalized spacial score (nSPS) is 14.9. The van der Waals surface area contributed by atoms with E-state index in [0.29, 0.717) is 19.6 Å². The average molecular weight is 421 g/mol. The molecule has 1 aromatic heterocycles. The smallest absolute Gasteiger partial charge is 0.407 e. The van der Waals surface area contributed by atoms with Gasteiger partial charge in [-0.15, -0.1) is 0 Å². The summed E-state index contributed by atoms with van der Waals surface area (Å²) in [5.41, 5.74) is 0.600. The first-order chi connectivity index (χ1) is 14.4. The SMILES string of the molecule is CCNC(=NCc1cccnc1N1CCOCC1)NCCCNC(=O)OC(C)(C)C. The standard InChI is InChI=1S/C21H36N6O3/c1-5-22-19(24-10-7-11-25-20(28)30-21(2,3)4)26-16-17-8-6-9-23-18(17)27-12-14-29-15-13-27/h6,8-9H,5,7,10-16H2,1-4H3,(H,25,28)(H2,22,24,26). The van der Waals surface area contributed by atoms with Crippen LogP contribution in [-0.2, 0) is 16.0 Å². The van der Waals surface area contributed by atoms with Crippen LogP contribution in [0.15, 0.2) is 23.3 Å². The number of anilines is 1. The van der Waals surface area contributed by atoms with Crippen LogP contribution in [0.25, 0.3) is 0 Å². The first kappa shape index (κ1) is 23.7. The molecular formula is C21H36N6O3. The van der Waals surface area contributed by atoms with Crippen LogP contribution in [-0.4, -0.2) is 68.6 Å². The van der Waals surface area contributed by atoms with Gasteiger partial charge in [-0.3, -0.25) is 0 Å². The average Bonchev–Trinajstić information content (AvgIpc) is 2.71. The highest BCUT2D eigenvalue weighted by Crippen LogP contribution is 2.19. The van der Waals surface area contributed by atoms with Gasteiger partial charge in [-0.05, 0) is 40.2 Å². The van der Waals surface area contributed by atoms with E-state index in [1.807, 2.05) is 40.0 Å². The lowest BCUT2D eigenvalue weighted by Gasteiger charge is -2.29. The van der Waals surface area contributed by atoms with Gasteiger partial charge in [0, 0.05) is 44.5 Å². The Morgan fingerprint density at radius 2 is 1.97 bits per heavy atom. The summed E-state index contributed by atoms with van der Waals surface area (Å²) in [5, 5.41) is 9.32. The number of aliphatic imine (C=N–C) groups is 1. The van der Waals surface area contributed by atoms with Gasteiger partial charge >= 0.3 is 6.09 Å². The van der Waals surface area contributed by atoms with Crippen LogP contribution in [0.2, 0.25) is 0 Å². The summed E-state index contributed by atoms with van der Waals surface area (Å²) in [6, 6.07) is 4.01. The molecule has 2 heterocycles. The van der Waals surface area contributed by atoms with Crippen LogP contribution in [0.1, 0.15) is 39.7 Å². The van der Waals surface area contributed by atoms with Crippen molar-refractivity contribution in [3.8, 4) is 0 Å². The minimum Gasteiger partial charge on any atom is -0.444 e. The molecule has 1 amide bonds. The van der Waals surface area contributed by atoms with Crippen molar-refractivity contribution in [1.82, 2.24) is 20.9 Å². The number of aromatic nitrogens is 1. The molecule has 0 aliphatic carbocycles. The Kier molecular flexibility index (Phi) is 9.66. The molecule has 0 bridgehead atoms. The second-order valence-electron chi connectivity index (χ2n) is 7.99. The van der Waals surface area contributed by atoms with E-state index >= 15 is 0 Å². The number of rotatable bonds is 8. The van der Waals surface area contributed by atoms with Crippen molar-refractivity contribution >= 4 is 17.9 Å².